The fraction of sp³-hybridized carbons (Fsp3) is 0.286. The van der Waals surface area contributed by atoms with Gasteiger partial charge in [-0.1, -0.05) is 5.57 Å². The number of allylic oxidation sites excluding steroid dienone is 2. The van der Waals surface area contributed by atoms with Crippen molar-refractivity contribution in [2.45, 2.75) is 13.3 Å². The smallest absolute Gasteiger partial charge is 0.0458 e. The van der Waals surface area contributed by atoms with Crippen molar-refractivity contribution in [1.29, 1.82) is 0 Å². The molecule has 0 saturated heterocycles. The van der Waals surface area contributed by atoms with Gasteiger partial charge in [0.2, 0.25) is 0 Å². The van der Waals surface area contributed by atoms with Crippen molar-refractivity contribution in [3.63, 3.8) is 0 Å². The minimum atomic E-state index is 0.939. The summed E-state index contributed by atoms with van der Waals surface area (Å²) in [5, 5.41) is 0. The van der Waals surface area contributed by atoms with Gasteiger partial charge >= 0.3 is 0 Å². The Balaban J connectivity index is 2.90. The van der Waals surface area contributed by atoms with Crippen LogP contribution >= 0.6 is 12.6 Å². The summed E-state index contributed by atoms with van der Waals surface area (Å²) in [4.78, 5) is 0.939. The van der Waals surface area contributed by atoms with Crippen molar-refractivity contribution in [3.8, 4) is 0 Å². The van der Waals surface area contributed by atoms with Crippen LogP contribution < -0.4 is 0 Å². The summed E-state index contributed by atoms with van der Waals surface area (Å²) >= 11 is 4.12. The van der Waals surface area contributed by atoms with E-state index in [-0.39, 0.29) is 0 Å². The summed E-state index contributed by atoms with van der Waals surface area (Å²) in [6.45, 7) is 2.09. The first kappa shape index (κ1) is 5.74. The highest BCUT2D eigenvalue weighted by Gasteiger charge is 1.90. The molecule has 0 nitrogen and oxygen atoms in total. The van der Waals surface area contributed by atoms with Crippen molar-refractivity contribution in [2.75, 3.05) is 0 Å². The average Bonchev–Trinajstić information content (AvgIpc) is 1.64. The van der Waals surface area contributed by atoms with Crippen molar-refractivity contribution < 1.29 is 0 Å². The maximum absolute atomic E-state index is 4.12. The third-order valence-electron chi connectivity index (χ3n) is 1.06. The summed E-state index contributed by atoms with van der Waals surface area (Å²) in [5.74, 6) is 0. The van der Waals surface area contributed by atoms with Gasteiger partial charge in [0.1, 0.15) is 0 Å². The Morgan fingerprint density at radius 2 is 2.50 bits per heavy atom. The van der Waals surface area contributed by atoms with Crippen molar-refractivity contribution in [3.05, 3.63) is 28.4 Å². The summed E-state index contributed by atoms with van der Waals surface area (Å²) in [6.07, 6.45) is 5.06. The zero-order chi connectivity index (χ0) is 5.98. The van der Waals surface area contributed by atoms with Gasteiger partial charge in [0.05, 0.1) is 0 Å². The molecule has 1 aliphatic rings. The Morgan fingerprint density at radius 1 is 1.75 bits per heavy atom. The molecule has 0 fully saturated rings. The molecule has 1 rings (SSSR count). The Morgan fingerprint density at radius 3 is 2.88 bits per heavy atom. The van der Waals surface area contributed by atoms with E-state index in [4.69, 9.17) is 0 Å². The van der Waals surface area contributed by atoms with Crippen LogP contribution in [-0.4, -0.2) is 0 Å². The van der Waals surface area contributed by atoms with Crippen LogP contribution in [0.5, 0.6) is 0 Å². The van der Waals surface area contributed by atoms with Gasteiger partial charge in [-0.25, -0.2) is 0 Å². The number of rotatable bonds is 0. The van der Waals surface area contributed by atoms with Crippen LogP contribution in [0.2, 0.25) is 0 Å². The lowest BCUT2D eigenvalue weighted by Crippen LogP contribution is -1.76. The van der Waals surface area contributed by atoms with Crippen LogP contribution in [0.4, 0.5) is 0 Å². The molecule has 1 heteroatoms. The summed E-state index contributed by atoms with van der Waals surface area (Å²) in [6, 6.07) is 0. The Bertz CT molecular complexity index is 181. The molecule has 0 unspecified atom stereocenters. The van der Waals surface area contributed by atoms with Gasteiger partial charge in [-0.05, 0) is 25.5 Å². The zero-order valence-electron chi connectivity index (χ0n) is 4.81. The number of hydrogen-bond donors (Lipinski definition) is 1. The van der Waals surface area contributed by atoms with Crippen molar-refractivity contribution in [1.82, 2.24) is 0 Å². The van der Waals surface area contributed by atoms with Gasteiger partial charge in [0.15, 0.2) is 0 Å². The van der Waals surface area contributed by atoms with Crippen LogP contribution in [0.25, 0.3) is 0 Å². The molecule has 0 saturated carbocycles. The van der Waals surface area contributed by atoms with Crippen LogP contribution in [0, 0.1) is 0 Å². The Labute approximate surface area is 55.0 Å². The van der Waals surface area contributed by atoms with Crippen molar-refractivity contribution in [2.24, 2.45) is 0 Å². The van der Waals surface area contributed by atoms with Crippen LogP contribution in [0.3, 0.4) is 0 Å². The fourth-order valence-corrected chi connectivity index (χ4v) is 0.962. The molecule has 0 bridgehead atoms. The molecule has 0 spiro atoms. The Hall–Kier alpha value is -0.390. The first-order chi connectivity index (χ1) is 3.79. The third-order valence-corrected chi connectivity index (χ3v) is 1.32. The molecule has 0 aromatic carbocycles. The van der Waals surface area contributed by atoms with E-state index in [1.165, 1.54) is 5.57 Å². The maximum Gasteiger partial charge on any atom is 0.0458 e. The second-order valence-electron chi connectivity index (χ2n) is 1.93. The minimum Gasteiger partial charge on any atom is -0.135 e. The highest BCUT2D eigenvalue weighted by molar-refractivity contribution is 7.84. The number of thiol groups is 1. The van der Waals surface area contributed by atoms with Gasteiger partial charge in [0, 0.05) is 4.91 Å². The topological polar surface area (TPSA) is 0 Å². The summed E-state index contributed by atoms with van der Waals surface area (Å²) < 4.78 is 0. The minimum absolute atomic E-state index is 0.939. The predicted octanol–water partition coefficient (Wildman–Crippen LogP) is 2.31. The molecule has 8 heavy (non-hydrogen) atoms. The highest BCUT2D eigenvalue weighted by Crippen LogP contribution is 2.12. The lowest BCUT2D eigenvalue weighted by molar-refractivity contribution is 1.20. The summed E-state index contributed by atoms with van der Waals surface area (Å²) in [7, 11) is 0. The van der Waals surface area contributed by atoms with E-state index >= 15 is 0 Å². The molecule has 0 aliphatic heterocycles. The summed E-state index contributed by atoms with van der Waals surface area (Å²) in [5.41, 5.74) is 4.35. The van der Waals surface area contributed by atoms with Crippen LogP contribution in [0.15, 0.2) is 28.4 Å². The highest BCUT2D eigenvalue weighted by atomic mass is 32.1. The van der Waals surface area contributed by atoms with E-state index in [0.29, 0.717) is 0 Å². The molecule has 1 aliphatic carbocycles. The van der Waals surface area contributed by atoms with Crippen molar-refractivity contribution >= 4 is 12.6 Å². The largest absolute Gasteiger partial charge is 0.135 e. The molecule has 0 aromatic heterocycles. The second kappa shape index (κ2) is 2.25. The molecule has 0 atom stereocenters. The quantitative estimate of drug-likeness (QED) is 0.372. The monoisotopic (exact) mass is 124 g/mol. The van der Waals surface area contributed by atoms with Gasteiger partial charge in [-0.3, -0.25) is 0 Å². The fourth-order valence-electron chi connectivity index (χ4n) is 0.651. The lowest BCUT2D eigenvalue weighted by atomic mass is 10.1. The second-order valence-corrected chi connectivity index (χ2v) is 2.41. The van der Waals surface area contributed by atoms with E-state index in [2.05, 4.69) is 25.3 Å². The SMILES string of the molecule is CC1=CC(S)=C=CC1. The third kappa shape index (κ3) is 1.29. The molecule has 0 amide bonds. The molecule has 0 aromatic rings. The zero-order valence-corrected chi connectivity index (χ0v) is 5.70. The molecule has 42 valence electrons. The maximum atomic E-state index is 4.12. The first-order valence-electron chi connectivity index (χ1n) is 2.60. The van der Waals surface area contributed by atoms with Crippen LogP contribution in [0.1, 0.15) is 13.3 Å². The lowest BCUT2D eigenvalue weighted by Gasteiger charge is -1.97. The van der Waals surface area contributed by atoms with Gasteiger partial charge < -0.3 is 0 Å². The molecule has 0 radical (unpaired) electrons. The molecule has 0 N–H and O–H groups in total. The van der Waals surface area contributed by atoms with Crippen LogP contribution in [-0.2, 0) is 0 Å². The average molecular weight is 124 g/mol. The molecular weight excluding hydrogens is 116 g/mol. The molecule has 0 heterocycles. The van der Waals surface area contributed by atoms with Gasteiger partial charge in [-0.15, -0.1) is 18.4 Å². The predicted molar refractivity (Wildman–Crippen MR) is 39.0 cm³/mol. The first-order valence-corrected chi connectivity index (χ1v) is 3.05. The Kier molecular flexibility index (Phi) is 1.62. The molecular formula is C7H8S. The normalized spacial score (nSPS) is 17.8. The van der Waals surface area contributed by atoms with Gasteiger partial charge in [0.25, 0.3) is 0 Å². The van der Waals surface area contributed by atoms with E-state index < -0.39 is 0 Å². The standard InChI is InChI=1S/C7H8S/c1-6-3-2-4-7(8)5-6/h2,5,8H,3H2,1H3. The van der Waals surface area contributed by atoms with E-state index in [0.717, 1.165) is 11.3 Å². The van der Waals surface area contributed by atoms with E-state index in [9.17, 15) is 0 Å². The van der Waals surface area contributed by atoms with E-state index in [1.807, 2.05) is 12.2 Å². The number of hydrogen-bond acceptors (Lipinski definition) is 1. The van der Waals surface area contributed by atoms with Gasteiger partial charge in [-0.2, -0.15) is 0 Å². The van der Waals surface area contributed by atoms with E-state index in [1.54, 1.807) is 0 Å².